The molecule has 0 spiro atoms. The second-order valence-electron chi connectivity index (χ2n) is 4.22. The molecule has 0 aliphatic carbocycles. The first kappa shape index (κ1) is 15.1. The SMILES string of the molecule is COc1ccc(NC(=O)C(C)Sc2nccc(=O)[nH]2)cc1. The van der Waals surface area contributed by atoms with Crippen molar-refractivity contribution in [3.8, 4) is 5.75 Å². The zero-order valence-electron chi connectivity index (χ0n) is 11.6. The summed E-state index contributed by atoms with van der Waals surface area (Å²) in [5, 5.41) is 2.82. The van der Waals surface area contributed by atoms with E-state index in [4.69, 9.17) is 4.74 Å². The van der Waals surface area contributed by atoms with Crippen LogP contribution >= 0.6 is 11.8 Å². The van der Waals surface area contributed by atoms with Gasteiger partial charge in [0.25, 0.3) is 5.56 Å². The number of aromatic amines is 1. The predicted octanol–water partition coefficient (Wildman–Crippen LogP) is 1.90. The molecule has 1 heterocycles. The van der Waals surface area contributed by atoms with Gasteiger partial charge in [0.05, 0.1) is 12.4 Å². The molecule has 0 fully saturated rings. The number of nitrogens with zero attached hydrogens (tertiary/aromatic N) is 1. The van der Waals surface area contributed by atoms with Crippen LogP contribution in [0.3, 0.4) is 0 Å². The van der Waals surface area contributed by atoms with Crippen molar-refractivity contribution in [3.05, 3.63) is 46.9 Å². The zero-order chi connectivity index (χ0) is 15.2. The summed E-state index contributed by atoms with van der Waals surface area (Å²) in [6, 6.07) is 8.38. The summed E-state index contributed by atoms with van der Waals surface area (Å²) in [5.74, 6) is 0.554. The third-order valence-electron chi connectivity index (χ3n) is 2.66. The van der Waals surface area contributed by atoms with Gasteiger partial charge in [0, 0.05) is 18.0 Å². The first-order valence-electron chi connectivity index (χ1n) is 6.25. The van der Waals surface area contributed by atoms with Gasteiger partial charge in [-0.15, -0.1) is 0 Å². The fourth-order valence-electron chi connectivity index (χ4n) is 1.55. The second kappa shape index (κ2) is 6.94. The van der Waals surface area contributed by atoms with Crippen molar-refractivity contribution in [2.45, 2.75) is 17.3 Å². The van der Waals surface area contributed by atoms with Gasteiger partial charge in [-0.2, -0.15) is 0 Å². The van der Waals surface area contributed by atoms with Crippen LogP contribution in [0.1, 0.15) is 6.92 Å². The highest BCUT2D eigenvalue weighted by molar-refractivity contribution is 8.00. The standard InChI is InChI=1S/C14H15N3O3S/c1-9(21-14-15-8-7-12(18)17-14)13(19)16-10-3-5-11(20-2)6-4-10/h3-9H,1-2H3,(H,16,19)(H,15,17,18). The minimum Gasteiger partial charge on any atom is -0.497 e. The number of nitrogens with one attached hydrogen (secondary N) is 2. The van der Waals surface area contributed by atoms with Crippen molar-refractivity contribution in [1.29, 1.82) is 0 Å². The number of rotatable bonds is 5. The number of hydrogen-bond acceptors (Lipinski definition) is 5. The average Bonchev–Trinajstić information content (AvgIpc) is 2.48. The summed E-state index contributed by atoms with van der Waals surface area (Å²) in [7, 11) is 1.58. The first-order valence-corrected chi connectivity index (χ1v) is 7.13. The zero-order valence-corrected chi connectivity index (χ0v) is 12.4. The number of ether oxygens (including phenoxy) is 1. The Hall–Kier alpha value is -2.28. The predicted molar refractivity (Wildman–Crippen MR) is 81.8 cm³/mol. The Morgan fingerprint density at radius 1 is 1.33 bits per heavy atom. The number of methoxy groups -OCH3 is 1. The summed E-state index contributed by atoms with van der Waals surface area (Å²) >= 11 is 1.19. The normalized spacial score (nSPS) is 11.7. The molecule has 2 rings (SSSR count). The molecule has 0 saturated carbocycles. The Morgan fingerprint density at radius 3 is 2.67 bits per heavy atom. The number of thioether (sulfide) groups is 1. The molecule has 0 aliphatic rings. The number of H-pyrrole nitrogens is 1. The highest BCUT2D eigenvalue weighted by atomic mass is 32.2. The Kier molecular flexibility index (Phi) is 4.99. The van der Waals surface area contributed by atoms with Crippen LogP contribution in [0, 0.1) is 0 Å². The van der Waals surface area contributed by atoms with E-state index in [0.29, 0.717) is 10.8 Å². The highest BCUT2D eigenvalue weighted by Gasteiger charge is 2.15. The molecule has 0 radical (unpaired) electrons. The Bertz CT molecular complexity index is 670. The first-order chi connectivity index (χ1) is 10.1. The lowest BCUT2D eigenvalue weighted by atomic mass is 10.3. The fourth-order valence-corrected chi connectivity index (χ4v) is 2.33. The fraction of sp³-hybridized carbons (Fsp3) is 0.214. The van der Waals surface area contributed by atoms with E-state index in [1.54, 1.807) is 38.3 Å². The number of amides is 1. The molecule has 1 unspecified atom stereocenters. The maximum Gasteiger partial charge on any atom is 0.251 e. The maximum atomic E-state index is 12.1. The van der Waals surface area contributed by atoms with Crippen molar-refractivity contribution in [3.63, 3.8) is 0 Å². The van der Waals surface area contributed by atoms with E-state index in [1.807, 2.05) is 0 Å². The van der Waals surface area contributed by atoms with Crippen LogP contribution < -0.4 is 15.6 Å². The summed E-state index contributed by atoms with van der Waals surface area (Å²) in [6.45, 7) is 1.75. The Labute approximate surface area is 125 Å². The summed E-state index contributed by atoms with van der Waals surface area (Å²) in [5.41, 5.74) is 0.443. The molecule has 0 saturated heterocycles. The van der Waals surface area contributed by atoms with Crippen molar-refractivity contribution in [2.75, 3.05) is 12.4 Å². The molecule has 110 valence electrons. The number of carbonyl (C=O) groups is 1. The lowest BCUT2D eigenvalue weighted by molar-refractivity contribution is -0.115. The van der Waals surface area contributed by atoms with Crippen LogP contribution in [0.4, 0.5) is 5.69 Å². The highest BCUT2D eigenvalue weighted by Crippen LogP contribution is 2.20. The van der Waals surface area contributed by atoms with Crippen molar-refractivity contribution in [2.24, 2.45) is 0 Å². The smallest absolute Gasteiger partial charge is 0.251 e. The van der Waals surface area contributed by atoms with E-state index >= 15 is 0 Å². The van der Waals surface area contributed by atoms with E-state index in [2.05, 4.69) is 15.3 Å². The number of anilines is 1. The number of carbonyl (C=O) groups excluding carboxylic acids is 1. The van der Waals surface area contributed by atoms with E-state index in [-0.39, 0.29) is 11.5 Å². The molecule has 1 atom stereocenters. The molecule has 7 heteroatoms. The maximum absolute atomic E-state index is 12.1. The van der Waals surface area contributed by atoms with Crippen LogP contribution in [0.2, 0.25) is 0 Å². The van der Waals surface area contributed by atoms with Crippen molar-refractivity contribution in [1.82, 2.24) is 9.97 Å². The van der Waals surface area contributed by atoms with Gasteiger partial charge < -0.3 is 15.0 Å². The lowest BCUT2D eigenvalue weighted by Gasteiger charge is -2.11. The van der Waals surface area contributed by atoms with Gasteiger partial charge in [-0.05, 0) is 31.2 Å². The van der Waals surface area contributed by atoms with Gasteiger partial charge in [0.1, 0.15) is 5.75 Å². The molecular formula is C14H15N3O3S. The van der Waals surface area contributed by atoms with Crippen molar-refractivity contribution < 1.29 is 9.53 Å². The summed E-state index contributed by atoms with van der Waals surface area (Å²) in [4.78, 5) is 29.8. The number of benzene rings is 1. The van der Waals surface area contributed by atoms with Crippen molar-refractivity contribution >= 4 is 23.4 Å². The molecule has 1 aromatic heterocycles. The van der Waals surface area contributed by atoms with Gasteiger partial charge >= 0.3 is 0 Å². The van der Waals surface area contributed by atoms with Crippen LogP contribution in [-0.2, 0) is 4.79 Å². The Balaban J connectivity index is 1.97. The van der Waals surface area contributed by atoms with Gasteiger partial charge in [-0.1, -0.05) is 11.8 Å². The summed E-state index contributed by atoms with van der Waals surface area (Å²) < 4.78 is 5.05. The van der Waals surface area contributed by atoms with Gasteiger partial charge in [-0.3, -0.25) is 9.59 Å². The van der Waals surface area contributed by atoms with Crippen LogP contribution in [0.15, 0.2) is 46.5 Å². The molecule has 21 heavy (non-hydrogen) atoms. The van der Waals surface area contributed by atoms with E-state index in [9.17, 15) is 9.59 Å². The topological polar surface area (TPSA) is 84.1 Å². The van der Waals surface area contributed by atoms with E-state index in [0.717, 1.165) is 5.75 Å². The number of hydrogen-bond donors (Lipinski definition) is 2. The van der Waals surface area contributed by atoms with E-state index < -0.39 is 5.25 Å². The molecule has 1 amide bonds. The Morgan fingerprint density at radius 2 is 2.05 bits per heavy atom. The molecular weight excluding hydrogens is 290 g/mol. The van der Waals surface area contributed by atoms with Crippen LogP contribution in [0.5, 0.6) is 5.75 Å². The third kappa shape index (κ3) is 4.35. The minimum atomic E-state index is -0.391. The quantitative estimate of drug-likeness (QED) is 0.651. The molecule has 0 aliphatic heterocycles. The van der Waals surface area contributed by atoms with Crippen LogP contribution in [0.25, 0.3) is 0 Å². The minimum absolute atomic E-state index is 0.170. The average molecular weight is 305 g/mol. The largest absolute Gasteiger partial charge is 0.497 e. The molecule has 2 N–H and O–H groups in total. The lowest BCUT2D eigenvalue weighted by Crippen LogP contribution is -2.23. The second-order valence-corrected chi connectivity index (χ2v) is 5.55. The van der Waals surface area contributed by atoms with Gasteiger partial charge in [-0.25, -0.2) is 4.98 Å². The summed E-state index contributed by atoms with van der Waals surface area (Å²) in [6.07, 6.45) is 1.41. The van der Waals surface area contributed by atoms with Crippen LogP contribution in [-0.4, -0.2) is 28.2 Å². The molecule has 2 aromatic rings. The molecule has 1 aromatic carbocycles. The number of aromatic nitrogens is 2. The van der Waals surface area contributed by atoms with Gasteiger partial charge in [0.15, 0.2) is 5.16 Å². The van der Waals surface area contributed by atoms with Gasteiger partial charge in [0.2, 0.25) is 5.91 Å². The van der Waals surface area contributed by atoms with E-state index in [1.165, 1.54) is 24.0 Å². The third-order valence-corrected chi connectivity index (χ3v) is 3.66. The monoisotopic (exact) mass is 305 g/mol. The molecule has 6 nitrogen and oxygen atoms in total. The molecule has 0 bridgehead atoms.